The third kappa shape index (κ3) is 5.67. The first-order valence-electron chi connectivity index (χ1n) is 8.02. The summed E-state index contributed by atoms with van der Waals surface area (Å²) in [7, 11) is 0. The minimum absolute atomic E-state index is 0.432. The van der Waals surface area contributed by atoms with Crippen LogP contribution < -0.4 is 10.6 Å². The molecule has 1 aromatic rings. The first kappa shape index (κ1) is 18.0. The van der Waals surface area contributed by atoms with Gasteiger partial charge in [0.1, 0.15) is 0 Å². The topological polar surface area (TPSA) is 41.9 Å². The number of hydrogen-bond acceptors (Lipinski definition) is 2. The average Bonchev–Trinajstić information content (AvgIpc) is 2.86. The van der Waals surface area contributed by atoms with Crippen LogP contribution in [-0.4, -0.2) is 27.5 Å². The van der Waals surface area contributed by atoms with Crippen molar-refractivity contribution in [3.05, 3.63) is 17.5 Å². The summed E-state index contributed by atoms with van der Waals surface area (Å²) in [4.78, 5) is 0. The molecule has 0 aromatic carbocycles. The fraction of sp³-hybridized carbons (Fsp3) is 0.733. The van der Waals surface area contributed by atoms with E-state index in [1.54, 1.807) is 6.92 Å². The molecule has 1 aliphatic carbocycles. The zero-order valence-electron chi connectivity index (χ0n) is 13.2. The number of alkyl halides is 3. The molecule has 1 saturated carbocycles. The van der Waals surface area contributed by atoms with Gasteiger partial charge < -0.3 is 10.6 Å². The highest BCUT2D eigenvalue weighted by Gasteiger charge is 2.34. The molecule has 130 valence electrons. The molecule has 0 atom stereocenters. The molecule has 0 unspecified atom stereocenters. The van der Waals surface area contributed by atoms with Gasteiger partial charge in [-0.05, 0) is 44.5 Å². The quantitative estimate of drug-likeness (QED) is 0.632. The van der Waals surface area contributed by atoms with Gasteiger partial charge in [0.2, 0.25) is 0 Å². The molecule has 1 aliphatic rings. The summed E-state index contributed by atoms with van der Waals surface area (Å²) in [6.07, 6.45) is 2.33. The first-order chi connectivity index (χ1) is 10.9. The second kappa shape index (κ2) is 7.99. The molecular weight excluding hydrogens is 325 g/mol. The van der Waals surface area contributed by atoms with Crippen molar-refractivity contribution in [1.82, 2.24) is 20.4 Å². The van der Waals surface area contributed by atoms with Gasteiger partial charge in [0, 0.05) is 24.8 Å². The summed E-state index contributed by atoms with van der Waals surface area (Å²) in [6, 6.07) is 1.52. The fourth-order valence-corrected chi connectivity index (χ4v) is 3.06. The van der Waals surface area contributed by atoms with Crippen molar-refractivity contribution in [2.24, 2.45) is 0 Å². The Morgan fingerprint density at radius 1 is 1.35 bits per heavy atom. The molecule has 2 N–H and O–H groups in total. The summed E-state index contributed by atoms with van der Waals surface area (Å²) in [5.41, 5.74) is -0.322. The normalized spacial score (nSPS) is 16.3. The molecule has 8 heteroatoms. The maximum absolute atomic E-state index is 12.6. The minimum Gasteiger partial charge on any atom is -0.363 e. The van der Waals surface area contributed by atoms with Crippen LogP contribution in [0, 0.1) is 6.92 Å². The second-order valence-electron chi connectivity index (χ2n) is 5.98. The number of nitrogens with zero attached hydrogens (tertiary/aromatic N) is 2. The number of hydrogen-bond donors (Lipinski definition) is 2. The lowest BCUT2D eigenvalue weighted by Gasteiger charge is -2.24. The second-order valence-corrected chi connectivity index (χ2v) is 6.39. The summed E-state index contributed by atoms with van der Waals surface area (Å²) in [5.74, 6) is 0. The molecule has 0 spiro atoms. The van der Waals surface area contributed by atoms with Crippen LogP contribution in [0.25, 0.3) is 0 Å². The summed E-state index contributed by atoms with van der Waals surface area (Å²) in [5, 5.41) is 10.7. The number of nitrogens with one attached hydrogen (secondary N) is 2. The van der Waals surface area contributed by atoms with E-state index in [2.05, 4.69) is 15.7 Å². The van der Waals surface area contributed by atoms with E-state index in [4.69, 9.17) is 12.2 Å². The number of aromatic nitrogens is 2. The van der Waals surface area contributed by atoms with E-state index >= 15 is 0 Å². The standard InChI is InChI=1S/C15H23F3N4S/c1-11-10-13(15(16,17)18)21-22(11)9-5-8-19-14(23)20-12-6-3-2-4-7-12/h10,12H,2-9H2,1H3,(H2,19,20,23). The van der Waals surface area contributed by atoms with Crippen molar-refractivity contribution in [2.45, 2.75) is 64.2 Å². The highest BCUT2D eigenvalue weighted by Crippen LogP contribution is 2.28. The Morgan fingerprint density at radius 2 is 2.04 bits per heavy atom. The molecule has 4 nitrogen and oxygen atoms in total. The van der Waals surface area contributed by atoms with E-state index in [9.17, 15) is 13.2 Å². The molecule has 1 fully saturated rings. The van der Waals surface area contributed by atoms with E-state index in [1.165, 1.54) is 23.9 Å². The molecule has 0 aliphatic heterocycles. The molecule has 1 heterocycles. The lowest BCUT2D eigenvalue weighted by atomic mass is 9.96. The largest absolute Gasteiger partial charge is 0.435 e. The molecule has 0 amide bonds. The van der Waals surface area contributed by atoms with Crippen molar-refractivity contribution in [2.75, 3.05) is 6.54 Å². The van der Waals surface area contributed by atoms with E-state index in [1.807, 2.05) is 0 Å². The number of aryl methyl sites for hydroxylation is 2. The van der Waals surface area contributed by atoms with Gasteiger partial charge in [-0.25, -0.2) is 0 Å². The number of halogens is 3. The molecule has 0 saturated heterocycles. The Bertz CT molecular complexity index is 521. The smallest absolute Gasteiger partial charge is 0.363 e. The molecule has 23 heavy (non-hydrogen) atoms. The van der Waals surface area contributed by atoms with Crippen LogP contribution in [0.2, 0.25) is 0 Å². The van der Waals surface area contributed by atoms with Crippen LogP contribution in [0.3, 0.4) is 0 Å². The highest BCUT2D eigenvalue weighted by atomic mass is 32.1. The Hall–Kier alpha value is -1.31. The maximum Gasteiger partial charge on any atom is 0.435 e. The first-order valence-corrected chi connectivity index (χ1v) is 8.43. The van der Waals surface area contributed by atoms with Gasteiger partial charge in [-0.3, -0.25) is 4.68 Å². The van der Waals surface area contributed by atoms with Crippen molar-refractivity contribution >= 4 is 17.3 Å². The molecule has 0 bridgehead atoms. The van der Waals surface area contributed by atoms with Crippen LogP contribution >= 0.6 is 12.2 Å². The zero-order chi connectivity index (χ0) is 16.9. The molecule has 0 radical (unpaired) electrons. The van der Waals surface area contributed by atoms with Crippen molar-refractivity contribution in [3.63, 3.8) is 0 Å². The molecular formula is C15H23F3N4S. The van der Waals surface area contributed by atoms with Gasteiger partial charge in [-0.2, -0.15) is 18.3 Å². The Kier molecular flexibility index (Phi) is 6.26. The third-order valence-electron chi connectivity index (χ3n) is 4.04. The van der Waals surface area contributed by atoms with E-state index in [0.29, 0.717) is 36.4 Å². The molecule has 2 rings (SSSR count). The zero-order valence-corrected chi connectivity index (χ0v) is 14.1. The van der Waals surface area contributed by atoms with E-state index in [-0.39, 0.29) is 0 Å². The van der Waals surface area contributed by atoms with Crippen LogP contribution in [0.15, 0.2) is 6.07 Å². The summed E-state index contributed by atoms with van der Waals surface area (Å²) < 4.78 is 39.1. The van der Waals surface area contributed by atoms with Gasteiger partial charge in [-0.15, -0.1) is 0 Å². The van der Waals surface area contributed by atoms with Crippen molar-refractivity contribution in [3.8, 4) is 0 Å². The fourth-order valence-electron chi connectivity index (χ4n) is 2.79. The monoisotopic (exact) mass is 348 g/mol. The maximum atomic E-state index is 12.6. The predicted octanol–water partition coefficient (Wildman–Crippen LogP) is 3.40. The van der Waals surface area contributed by atoms with Crippen LogP contribution in [0.4, 0.5) is 13.2 Å². The summed E-state index contributed by atoms with van der Waals surface area (Å²) >= 11 is 5.25. The van der Waals surface area contributed by atoms with Crippen LogP contribution in [0.5, 0.6) is 0 Å². The van der Waals surface area contributed by atoms with Crippen molar-refractivity contribution < 1.29 is 13.2 Å². The lowest BCUT2D eigenvalue weighted by molar-refractivity contribution is -0.141. The third-order valence-corrected chi connectivity index (χ3v) is 4.31. The number of thiocarbonyl (C=S) groups is 1. The van der Waals surface area contributed by atoms with Gasteiger partial charge in [0.15, 0.2) is 10.8 Å². The summed E-state index contributed by atoms with van der Waals surface area (Å²) in [6.45, 7) is 2.67. The minimum atomic E-state index is -4.39. The van der Waals surface area contributed by atoms with Crippen molar-refractivity contribution in [1.29, 1.82) is 0 Å². The lowest BCUT2D eigenvalue weighted by Crippen LogP contribution is -2.43. The van der Waals surface area contributed by atoms with E-state index < -0.39 is 11.9 Å². The predicted molar refractivity (Wildman–Crippen MR) is 87.2 cm³/mol. The molecule has 1 aromatic heterocycles. The Morgan fingerprint density at radius 3 is 2.65 bits per heavy atom. The van der Waals surface area contributed by atoms with Crippen LogP contribution in [-0.2, 0) is 12.7 Å². The van der Waals surface area contributed by atoms with Gasteiger partial charge in [0.05, 0.1) is 0 Å². The number of rotatable bonds is 5. The Labute approximate surface area is 139 Å². The van der Waals surface area contributed by atoms with Gasteiger partial charge in [-0.1, -0.05) is 19.3 Å². The highest BCUT2D eigenvalue weighted by molar-refractivity contribution is 7.80. The van der Waals surface area contributed by atoms with Gasteiger partial charge in [0.25, 0.3) is 0 Å². The SMILES string of the molecule is Cc1cc(C(F)(F)F)nn1CCCNC(=S)NC1CCCCC1. The average molecular weight is 348 g/mol. The Balaban J connectivity index is 1.69. The van der Waals surface area contributed by atoms with E-state index in [0.717, 1.165) is 18.9 Å². The van der Waals surface area contributed by atoms with Gasteiger partial charge >= 0.3 is 6.18 Å². The van der Waals surface area contributed by atoms with Crippen LogP contribution in [0.1, 0.15) is 49.9 Å².